The number of nitrogens with zero attached hydrogens (tertiary/aromatic N) is 1. The second-order valence-electron chi connectivity index (χ2n) is 6.34. The van der Waals surface area contributed by atoms with E-state index in [0.717, 1.165) is 31.1 Å². The highest BCUT2D eigenvalue weighted by Crippen LogP contribution is 2.24. The highest BCUT2D eigenvalue weighted by Gasteiger charge is 2.29. The summed E-state index contributed by atoms with van der Waals surface area (Å²) in [5.41, 5.74) is 0. The molecule has 1 N–H and O–H groups in total. The molecule has 0 amide bonds. The molecule has 0 radical (unpaired) electrons. The Morgan fingerprint density at radius 2 is 1.89 bits per heavy atom. The first kappa shape index (κ1) is 14.3. The van der Waals surface area contributed by atoms with Gasteiger partial charge in [-0.05, 0) is 51.1 Å². The monoisotopic (exact) mass is 254 g/mol. The quantitative estimate of drug-likeness (QED) is 0.835. The lowest BCUT2D eigenvalue weighted by atomic mass is 9.91. The van der Waals surface area contributed by atoms with Gasteiger partial charge in [-0.25, -0.2) is 0 Å². The first-order valence-corrected chi connectivity index (χ1v) is 7.73. The van der Waals surface area contributed by atoms with Crippen molar-refractivity contribution in [2.75, 3.05) is 32.8 Å². The Labute approximate surface area is 112 Å². The van der Waals surface area contributed by atoms with Crippen LogP contribution >= 0.6 is 0 Å². The average molecular weight is 254 g/mol. The molecule has 2 fully saturated rings. The van der Waals surface area contributed by atoms with E-state index in [2.05, 4.69) is 31.0 Å². The Kier molecular flexibility index (Phi) is 5.46. The van der Waals surface area contributed by atoms with Crippen LogP contribution in [0, 0.1) is 11.8 Å². The molecule has 3 nitrogen and oxygen atoms in total. The van der Waals surface area contributed by atoms with Crippen LogP contribution in [0.1, 0.15) is 40.0 Å². The Hall–Kier alpha value is -0.120. The molecule has 3 heteroatoms. The summed E-state index contributed by atoms with van der Waals surface area (Å²) < 4.78 is 5.49. The van der Waals surface area contributed by atoms with Crippen LogP contribution in [0.4, 0.5) is 0 Å². The van der Waals surface area contributed by atoms with Crippen molar-refractivity contribution in [3.63, 3.8) is 0 Å². The first-order chi connectivity index (χ1) is 8.68. The summed E-state index contributed by atoms with van der Waals surface area (Å²) >= 11 is 0. The molecule has 2 saturated heterocycles. The number of ether oxygens (including phenoxy) is 1. The average Bonchev–Trinajstić information content (AvgIpc) is 2.65. The van der Waals surface area contributed by atoms with Gasteiger partial charge in [0.25, 0.3) is 0 Å². The van der Waals surface area contributed by atoms with Crippen LogP contribution in [-0.4, -0.2) is 49.8 Å². The van der Waals surface area contributed by atoms with Crippen LogP contribution in [0.25, 0.3) is 0 Å². The van der Waals surface area contributed by atoms with Gasteiger partial charge in [0, 0.05) is 31.8 Å². The molecule has 2 unspecified atom stereocenters. The second-order valence-corrected chi connectivity index (χ2v) is 6.34. The van der Waals surface area contributed by atoms with E-state index in [1.807, 2.05) is 0 Å². The molecular formula is C15H30N2O. The zero-order valence-electron chi connectivity index (χ0n) is 12.3. The van der Waals surface area contributed by atoms with Gasteiger partial charge in [-0.3, -0.25) is 4.90 Å². The van der Waals surface area contributed by atoms with Crippen LogP contribution in [0.15, 0.2) is 0 Å². The molecule has 0 aromatic rings. The highest BCUT2D eigenvalue weighted by atomic mass is 16.5. The van der Waals surface area contributed by atoms with Crippen LogP contribution in [-0.2, 0) is 4.74 Å². The fraction of sp³-hybridized carbons (Fsp3) is 1.00. The van der Waals surface area contributed by atoms with Crippen molar-refractivity contribution in [3.8, 4) is 0 Å². The molecule has 2 rings (SSSR count). The molecule has 0 aliphatic carbocycles. The fourth-order valence-corrected chi connectivity index (χ4v) is 3.29. The van der Waals surface area contributed by atoms with E-state index in [0.29, 0.717) is 6.04 Å². The fourth-order valence-electron chi connectivity index (χ4n) is 3.29. The molecule has 0 spiro atoms. The number of hydrogen-bond donors (Lipinski definition) is 1. The molecule has 0 aromatic carbocycles. The summed E-state index contributed by atoms with van der Waals surface area (Å²) in [5.74, 6) is 1.57. The lowest BCUT2D eigenvalue weighted by molar-refractivity contribution is 0.0287. The minimum atomic E-state index is 0.662. The van der Waals surface area contributed by atoms with E-state index >= 15 is 0 Å². The predicted molar refractivity (Wildman–Crippen MR) is 75.8 cm³/mol. The minimum Gasteiger partial charge on any atom is -0.381 e. The maximum atomic E-state index is 5.49. The van der Waals surface area contributed by atoms with Gasteiger partial charge in [0.2, 0.25) is 0 Å². The van der Waals surface area contributed by atoms with Gasteiger partial charge < -0.3 is 10.1 Å². The van der Waals surface area contributed by atoms with Crippen molar-refractivity contribution in [1.29, 1.82) is 0 Å². The van der Waals surface area contributed by atoms with E-state index in [-0.39, 0.29) is 0 Å². The van der Waals surface area contributed by atoms with E-state index < -0.39 is 0 Å². The molecule has 2 aliphatic heterocycles. The summed E-state index contributed by atoms with van der Waals surface area (Å²) in [6.45, 7) is 12.7. The lowest BCUT2D eigenvalue weighted by Gasteiger charge is -2.37. The number of hydrogen-bond acceptors (Lipinski definition) is 3. The zero-order valence-corrected chi connectivity index (χ0v) is 12.3. The van der Waals surface area contributed by atoms with Gasteiger partial charge in [-0.1, -0.05) is 13.8 Å². The third-order valence-electron chi connectivity index (χ3n) is 4.79. The van der Waals surface area contributed by atoms with Crippen molar-refractivity contribution in [2.24, 2.45) is 11.8 Å². The van der Waals surface area contributed by atoms with Gasteiger partial charge in [0.05, 0.1) is 0 Å². The van der Waals surface area contributed by atoms with Crippen molar-refractivity contribution in [2.45, 2.75) is 52.1 Å². The summed E-state index contributed by atoms with van der Waals surface area (Å²) in [5, 5.41) is 3.70. The summed E-state index contributed by atoms with van der Waals surface area (Å²) in [6, 6.07) is 1.38. The molecule has 0 saturated carbocycles. The maximum absolute atomic E-state index is 5.49. The molecular weight excluding hydrogens is 224 g/mol. The molecule has 106 valence electrons. The second kappa shape index (κ2) is 6.88. The molecule has 0 aromatic heterocycles. The zero-order chi connectivity index (χ0) is 13.0. The molecule has 2 atom stereocenters. The maximum Gasteiger partial charge on any atom is 0.0469 e. The van der Waals surface area contributed by atoms with Crippen LogP contribution in [0.5, 0.6) is 0 Å². The smallest absolute Gasteiger partial charge is 0.0469 e. The van der Waals surface area contributed by atoms with Gasteiger partial charge >= 0.3 is 0 Å². The normalized spacial score (nSPS) is 30.3. The molecule has 0 bridgehead atoms. The van der Waals surface area contributed by atoms with Crippen molar-refractivity contribution < 1.29 is 4.74 Å². The van der Waals surface area contributed by atoms with Crippen molar-refractivity contribution >= 4 is 0 Å². The van der Waals surface area contributed by atoms with Gasteiger partial charge in [0.15, 0.2) is 0 Å². The minimum absolute atomic E-state index is 0.662. The molecule has 2 heterocycles. The Morgan fingerprint density at radius 3 is 2.56 bits per heavy atom. The summed E-state index contributed by atoms with van der Waals surface area (Å²) in [7, 11) is 0. The summed E-state index contributed by atoms with van der Waals surface area (Å²) in [4.78, 5) is 2.72. The number of rotatable bonds is 3. The van der Waals surface area contributed by atoms with Gasteiger partial charge in [-0.2, -0.15) is 0 Å². The third kappa shape index (κ3) is 3.69. The van der Waals surface area contributed by atoms with E-state index in [9.17, 15) is 0 Å². The largest absolute Gasteiger partial charge is 0.381 e. The van der Waals surface area contributed by atoms with Crippen molar-refractivity contribution in [1.82, 2.24) is 10.2 Å². The van der Waals surface area contributed by atoms with E-state index in [1.54, 1.807) is 0 Å². The van der Waals surface area contributed by atoms with Gasteiger partial charge in [0.1, 0.15) is 0 Å². The Morgan fingerprint density at radius 1 is 1.17 bits per heavy atom. The van der Waals surface area contributed by atoms with Gasteiger partial charge in [-0.15, -0.1) is 0 Å². The topological polar surface area (TPSA) is 24.5 Å². The predicted octanol–water partition coefficient (Wildman–Crippen LogP) is 2.12. The molecule has 2 aliphatic rings. The Bertz CT molecular complexity index is 239. The SMILES string of the molecule is CC(C)C1CN(C(C)C2CCOCC2)CCCN1. The molecule has 18 heavy (non-hydrogen) atoms. The first-order valence-electron chi connectivity index (χ1n) is 7.73. The van der Waals surface area contributed by atoms with E-state index in [1.165, 1.54) is 38.9 Å². The van der Waals surface area contributed by atoms with Crippen LogP contribution in [0.2, 0.25) is 0 Å². The van der Waals surface area contributed by atoms with Crippen LogP contribution in [0.3, 0.4) is 0 Å². The summed E-state index contributed by atoms with van der Waals surface area (Å²) in [6.07, 6.45) is 3.78. The highest BCUT2D eigenvalue weighted by molar-refractivity contribution is 4.84. The van der Waals surface area contributed by atoms with E-state index in [4.69, 9.17) is 4.74 Å². The van der Waals surface area contributed by atoms with Crippen molar-refractivity contribution in [3.05, 3.63) is 0 Å². The standard InChI is InChI=1S/C15H30N2O/c1-12(2)15-11-17(8-4-7-16-15)13(3)14-5-9-18-10-6-14/h12-16H,4-11H2,1-3H3. The third-order valence-corrected chi connectivity index (χ3v) is 4.79. The lowest BCUT2D eigenvalue weighted by Crippen LogP contribution is -2.47. The van der Waals surface area contributed by atoms with Crippen LogP contribution < -0.4 is 5.32 Å². The number of nitrogens with one attached hydrogen (secondary N) is 1. The Balaban J connectivity index is 1.92.